The third-order valence-corrected chi connectivity index (χ3v) is 3.18. The first-order valence-corrected chi connectivity index (χ1v) is 6.72. The van der Waals surface area contributed by atoms with Crippen LogP contribution in [0.3, 0.4) is 0 Å². The van der Waals surface area contributed by atoms with Crippen molar-refractivity contribution in [1.82, 2.24) is 0 Å². The Hall–Kier alpha value is -2.26. The van der Waals surface area contributed by atoms with Crippen molar-refractivity contribution in [2.24, 2.45) is 0 Å². The standard InChI is InChI=1S/C15H9BrF2N2O/c16-11-6-12(17)15(13(18)7-11)20-14(21)5-9-1-3-10(8-19)4-2-9/h1-4,6-7H,5H2,(H,20,21). The number of anilines is 1. The van der Waals surface area contributed by atoms with Gasteiger partial charge in [0.25, 0.3) is 0 Å². The molecule has 21 heavy (non-hydrogen) atoms. The van der Waals surface area contributed by atoms with E-state index in [9.17, 15) is 13.6 Å². The molecule has 0 aliphatic carbocycles. The highest BCUT2D eigenvalue weighted by Gasteiger charge is 2.13. The molecule has 1 amide bonds. The molecule has 2 aromatic rings. The van der Waals surface area contributed by atoms with E-state index in [0.717, 1.165) is 12.1 Å². The highest BCUT2D eigenvalue weighted by molar-refractivity contribution is 9.10. The quantitative estimate of drug-likeness (QED) is 0.915. The monoisotopic (exact) mass is 350 g/mol. The van der Waals surface area contributed by atoms with Crippen LogP contribution in [0.1, 0.15) is 11.1 Å². The van der Waals surface area contributed by atoms with Crippen LogP contribution in [0.5, 0.6) is 0 Å². The van der Waals surface area contributed by atoms with Crippen LogP contribution in [0.4, 0.5) is 14.5 Å². The number of halogens is 3. The minimum absolute atomic E-state index is 0.0410. The Morgan fingerprint density at radius 1 is 1.19 bits per heavy atom. The first-order chi connectivity index (χ1) is 9.99. The molecule has 106 valence electrons. The fourth-order valence-corrected chi connectivity index (χ4v) is 2.13. The van der Waals surface area contributed by atoms with E-state index < -0.39 is 23.2 Å². The van der Waals surface area contributed by atoms with E-state index in [1.807, 2.05) is 6.07 Å². The Morgan fingerprint density at radius 3 is 2.29 bits per heavy atom. The van der Waals surface area contributed by atoms with Gasteiger partial charge in [0.2, 0.25) is 5.91 Å². The van der Waals surface area contributed by atoms with E-state index in [1.54, 1.807) is 24.3 Å². The fourth-order valence-electron chi connectivity index (χ4n) is 1.73. The number of nitriles is 1. The minimum atomic E-state index is -0.852. The van der Waals surface area contributed by atoms with Gasteiger partial charge in [-0.25, -0.2) is 8.78 Å². The maximum absolute atomic E-state index is 13.6. The van der Waals surface area contributed by atoms with Gasteiger partial charge in [0.15, 0.2) is 11.6 Å². The number of hydrogen-bond acceptors (Lipinski definition) is 2. The van der Waals surface area contributed by atoms with Crippen molar-refractivity contribution in [1.29, 1.82) is 5.26 Å². The van der Waals surface area contributed by atoms with Gasteiger partial charge in [-0.3, -0.25) is 4.79 Å². The molecule has 0 aromatic heterocycles. The average molecular weight is 351 g/mol. The number of nitrogens with one attached hydrogen (secondary N) is 1. The van der Waals surface area contributed by atoms with Crippen molar-refractivity contribution < 1.29 is 13.6 Å². The van der Waals surface area contributed by atoms with Crippen LogP contribution >= 0.6 is 15.9 Å². The molecule has 0 saturated heterocycles. The van der Waals surface area contributed by atoms with Gasteiger partial charge in [0, 0.05) is 4.47 Å². The van der Waals surface area contributed by atoms with Gasteiger partial charge in [-0.15, -0.1) is 0 Å². The van der Waals surface area contributed by atoms with Crippen LogP contribution in [-0.4, -0.2) is 5.91 Å². The summed E-state index contributed by atoms with van der Waals surface area (Å²) in [5, 5.41) is 10.9. The minimum Gasteiger partial charge on any atom is -0.321 e. The number of amides is 1. The molecule has 2 aromatic carbocycles. The summed E-state index contributed by atoms with van der Waals surface area (Å²) in [5.74, 6) is -2.25. The summed E-state index contributed by atoms with van der Waals surface area (Å²) in [6, 6.07) is 10.5. The summed E-state index contributed by atoms with van der Waals surface area (Å²) in [7, 11) is 0. The molecular formula is C15H9BrF2N2O. The van der Waals surface area contributed by atoms with Gasteiger partial charge in [-0.05, 0) is 29.8 Å². The average Bonchev–Trinajstić information content (AvgIpc) is 2.43. The molecule has 0 radical (unpaired) electrons. The zero-order valence-electron chi connectivity index (χ0n) is 10.7. The molecule has 0 atom stereocenters. The third-order valence-electron chi connectivity index (χ3n) is 2.72. The maximum atomic E-state index is 13.6. The molecule has 1 N–H and O–H groups in total. The lowest BCUT2D eigenvalue weighted by Crippen LogP contribution is -2.16. The van der Waals surface area contributed by atoms with E-state index in [0.29, 0.717) is 11.1 Å². The Kier molecular flexibility index (Phi) is 4.66. The molecule has 0 bridgehead atoms. The number of nitrogens with zero attached hydrogens (tertiary/aromatic N) is 1. The maximum Gasteiger partial charge on any atom is 0.228 e. The van der Waals surface area contributed by atoms with Crippen molar-refractivity contribution >= 4 is 27.5 Å². The number of carbonyl (C=O) groups excluding carboxylic acids is 1. The Bertz CT molecular complexity index is 700. The van der Waals surface area contributed by atoms with Gasteiger partial charge < -0.3 is 5.32 Å². The van der Waals surface area contributed by atoms with Crippen LogP contribution in [0.25, 0.3) is 0 Å². The molecule has 6 heteroatoms. The molecule has 0 fully saturated rings. The topological polar surface area (TPSA) is 52.9 Å². The van der Waals surface area contributed by atoms with Gasteiger partial charge in [-0.2, -0.15) is 5.26 Å². The second kappa shape index (κ2) is 6.46. The number of carbonyl (C=O) groups is 1. The van der Waals surface area contributed by atoms with Crippen LogP contribution in [-0.2, 0) is 11.2 Å². The highest BCUT2D eigenvalue weighted by atomic mass is 79.9. The molecule has 0 aliphatic heterocycles. The van der Waals surface area contributed by atoms with Crippen LogP contribution in [0.15, 0.2) is 40.9 Å². The van der Waals surface area contributed by atoms with Crippen molar-refractivity contribution in [3.05, 3.63) is 63.6 Å². The summed E-state index contributed by atoms with van der Waals surface area (Å²) in [4.78, 5) is 11.8. The zero-order valence-corrected chi connectivity index (χ0v) is 12.2. The summed E-state index contributed by atoms with van der Waals surface area (Å²) < 4.78 is 27.4. The molecule has 3 nitrogen and oxygen atoms in total. The van der Waals surface area contributed by atoms with E-state index in [4.69, 9.17) is 5.26 Å². The number of hydrogen-bond donors (Lipinski definition) is 1. The molecule has 0 saturated carbocycles. The van der Waals surface area contributed by atoms with Crippen molar-refractivity contribution in [3.63, 3.8) is 0 Å². The van der Waals surface area contributed by atoms with Gasteiger partial charge in [-0.1, -0.05) is 28.1 Å². The smallest absolute Gasteiger partial charge is 0.228 e. The van der Waals surface area contributed by atoms with Crippen LogP contribution in [0, 0.1) is 23.0 Å². The summed E-state index contributed by atoms with van der Waals surface area (Å²) in [5.41, 5.74) is 0.644. The van der Waals surface area contributed by atoms with Crippen LogP contribution < -0.4 is 5.32 Å². The second-order valence-electron chi connectivity index (χ2n) is 4.28. The largest absolute Gasteiger partial charge is 0.321 e. The van der Waals surface area contributed by atoms with Gasteiger partial charge in [0.05, 0.1) is 18.1 Å². The van der Waals surface area contributed by atoms with E-state index >= 15 is 0 Å². The lowest BCUT2D eigenvalue weighted by molar-refractivity contribution is -0.115. The van der Waals surface area contributed by atoms with Crippen molar-refractivity contribution in [3.8, 4) is 6.07 Å². The van der Waals surface area contributed by atoms with Gasteiger partial charge >= 0.3 is 0 Å². The SMILES string of the molecule is N#Cc1ccc(CC(=O)Nc2c(F)cc(Br)cc2F)cc1. The normalized spacial score (nSPS) is 10.0. The molecule has 0 aliphatic rings. The number of benzene rings is 2. The predicted molar refractivity (Wildman–Crippen MR) is 77.5 cm³/mol. The molecule has 0 spiro atoms. The summed E-state index contributed by atoms with van der Waals surface area (Å²) >= 11 is 2.96. The summed E-state index contributed by atoms with van der Waals surface area (Å²) in [6.07, 6.45) is -0.0410. The Morgan fingerprint density at radius 2 is 1.76 bits per heavy atom. The molecule has 2 rings (SSSR count). The lowest BCUT2D eigenvalue weighted by atomic mass is 10.1. The van der Waals surface area contributed by atoms with E-state index in [1.165, 1.54) is 0 Å². The summed E-state index contributed by atoms with van der Waals surface area (Å²) in [6.45, 7) is 0. The van der Waals surface area contributed by atoms with Gasteiger partial charge in [0.1, 0.15) is 5.69 Å². The van der Waals surface area contributed by atoms with Crippen molar-refractivity contribution in [2.45, 2.75) is 6.42 Å². The molecular weight excluding hydrogens is 342 g/mol. The Balaban J connectivity index is 2.10. The molecule has 0 heterocycles. The first kappa shape index (κ1) is 15.1. The Labute approximate surface area is 128 Å². The fraction of sp³-hybridized carbons (Fsp3) is 0.0667. The predicted octanol–water partition coefficient (Wildman–Crippen LogP) is 3.78. The van der Waals surface area contributed by atoms with E-state index in [-0.39, 0.29) is 10.9 Å². The van der Waals surface area contributed by atoms with Crippen LogP contribution in [0.2, 0.25) is 0 Å². The third kappa shape index (κ3) is 3.86. The zero-order chi connectivity index (χ0) is 15.4. The lowest BCUT2D eigenvalue weighted by Gasteiger charge is -2.08. The first-order valence-electron chi connectivity index (χ1n) is 5.93. The van der Waals surface area contributed by atoms with E-state index in [2.05, 4.69) is 21.2 Å². The van der Waals surface area contributed by atoms with Crippen molar-refractivity contribution in [2.75, 3.05) is 5.32 Å². The second-order valence-corrected chi connectivity index (χ2v) is 5.19. The number of rotatable bonds is 3. The highest BCUT2D eigenvalue weighted by Crippen LogP contribution is 2.23. The molecule has 0 unspecified atom stereocenters.